The summed E-state index contributed by atoms with van der Waals surface area (Å²) < 4.78 is 0. The van der Waals surface area contributed by atoms with Crippen LogP contribution in [-0.2, 0) is 11.3 Å². The van der Waals surface area contributed by atoms with Crippen molar-refractivity contribution in [2.24, 2.45) is 0 Å². The summed E-state index contributed by atoms with van der Waals surface area (Å²) in [5, 5.41) is 6.31. The molecule has 0 aliphatic rings. The van der Waals surface area contributed by atoms with E-state index in [1.54, 1.807) is 6.20 Å². The zero-order valence-electron chi connectivity index (χ0n) is 12.5. The van der Waals surface area contributed by atoms with Crippen molar-refractivity contribution in [3.63, 3.8) is 0 Å². The molecule has 0 unspecified atom stereocenters. The topological polar surface area (TPSA) is 54.0 Å². The van der Waals surface area contributed by atoms with Crippen LogP contribution in [0.25, 0.3) is 0 Å². The lowest BCUT2D eigenvalue weighted by Gasteiger charge is -2.15. The Labute approximate surface area is 125 Å². The Morgan fingerprint density at radius 1 is 1.24 bits per heavy atom. The van der Waals surface area contributed by atoms with E-state index in [9.17, 15) is 4.79 Å². The van der Waals surface area contributed by atoms with Crippen LogP contribution in [0.2, 0.25) is 0 Å². The number of anilines is 1. The first-order valence-corrected chi connectivity index (χ1v) is 7.21. The van der Waals surface area contributed by atoms with Gasteiger partial charge in [0.15, 0.2) is 0 Å². The van der Waals surface area contributed by atoms with Crippen molar-refractivity contribution in [2.45, 2.75) is 32.9 Å². The third-order valence-corrected chi connectivity index (χ3v) is 3.35. The Hall–Kier alpha value is -2.20. The molecule has 110 valence electrons. The second kappa shape index (κ2) is 7.55. The van der Waals surface area contributed by atoms with Crippen molar-refractivity contribution in [1.29, 1.82) is 0 Å². The molecular formula is C17H21N3O. The molecule has 4 nitrogen and oxygen atoms in total. The summed E-state index contributed by atoms with van der Waals surface area (Å²) in [6.45, 7) is 4.74. The van der Waals surface area contributed by atoms with Crippen LogP contribution in [-0.4, -0.2) is 10.9 Å². The molecule has 0 saturated carbocycles. The maximum Gasteiger partial charge on any atom is 0.224 e. The average molecular weight is 283 g/mol. The fourth-order valence-corrected chi connectivity index (χ4v) is 2.00. The zero-order chi connectivity index (χ0) is 15.1. The Morgan fingerprint density at radius 3 is 2.62 bits per heavy atom. The molecule has 0 fully saturated rings. The molecule has 0 spiro atoms. The van der Waals surface area contributed by atoms with Gasteiger partial charge in [0.25, 0.3) is 0 Å². The number of amides is 1. The van der Waals surface area contributed by atoms with Crippen LogP contribution in [0.4, 0.5) is 5.69 Å². The largest absolute Gasteiger partial charge is 0.326 e. The van der Waals surface area contributed by atoms with E-state index in [0.29, 0.717) is 6.42 Å². The Bertz CT molecular complexity index is 566. The van der Waals surface area contributed by atoms with E-state index in [-0.39, 0.29) is 11.9 Å². The third kappa shape index (κ3) is 4.68. The van der Waals surface area contributed by atoms with Gasteiger partial charge in [-0.15, -0.1) is 0 Å². The number of nitrogens with one attached hydrogen (secondary N) is 2. The van der Waals surface area contributed by atoms with Crippen LogP contribution in [0.1, 0.15) is 37.4 Å². The highest BCUT2D eigenvalue weighted by molar-refractivity contribution is 5.90. The summed E-state index contributed by atoms with van der Waals surface area (Å²) in [6, 6.07) is 12.2. The first-order chi connectivity index (χ1) is 10.2. The number of aromatic nitrogens is 1. The molecule has 1 heterocycles. The molecule has 0 aliphatic heterocycles. The van der Waals surface area contributed by atoms with Crippen LogP contribution in [0, 0.1) is 0 Å². The van der Waals surface area contributed by atoms with Crippen LogP contribution < -0.4 is 10.6 Å². The van der Waals surface area contributed by atoms with Gasteiger partial charge in [0, 0.05) is 37.1 Å². The van der Waals surface area contributed by atoms with Gasteiger partial charge in [-0.3, -0.25) is 9.78 Å². The fraction of sp³-hybridized carbons (Fsp3) is 0.294. The van der Waals surface area contributed by atoms with E-state index in [0.717, 1.165) is 17.8 Å². The summed E-state index contributed by atoms with van der Waals surface area (Å²) >= 11 is 0. The van der Waals surface area contributed by atoms with Crippen molar-refractivity contribution in [2.75, 3.05) is 5.32 Å². The number of hydrogen-bond acceptors (Lipinski definition) is 3. The van der Waals surface area contributed by atoms with Gasteiger partial charge in [0.1, 0.15) is 0 Å². The maximum atomic E-state index is 11.3. The summed E-state index contributed by atoms with van der Waals surface area (Å²) in [4.78, 5) is 15.4. The molecule has 1 aromatic heterocycles. The lowest BCUT2D eigenvalue weighted by molar-refractivity contribution is -0.115. The molecule has 0 radical (unpaired) electrons. The molecule has 1 amide bonds. The minimum Gasteiger partial charge on any atom is -0.326 e. The summed E-state index contributed by atoms with van der Waals surface area (Å²) in [5.41, 5.74) is 3.19. The lowest BCUT2D eigenvalue weighted by Crippen LogP contribution is -2.18. The Balaban J connectivity index is 1.90. The van der Waals surface area contributed by atoms with Crippen LogP contribution in [0.3, 0.4) is 0 Å². The van der Waals surface area contributed by atoms with E-state index in [4.69, 9.17) is 0 Å². The standard InChI is InChI=1S/C17H21N3O/c1-3-17(21)20-16-8-6-15(7-9-16)13(2)19-12-14-5-4-10-18-11-14/h4-11,13,19H,3,12H2,1-2H3,(H,20,21)/t13-/m0/s1. The molecule has 2 N–H and O–H groups in total. The van der Waals surface area contributed by atoms with E-state index in [1.165, 1.54) is 5.56 Å². The molecule has 1 aromatic carbocycles. The maximum absolute atomic E-state index is 11.3. The number of benzene rings is 1. The molecule has 21 heavy (non-hydrogen) atoms. The summed E-state index contributed by atoms with van der Waals surface area (Å²) in [7, 11) is 0. The fourth-order valence-electron chi connectivity index (χ4n) is 2.00. The van der Waals surface area contributed by atoms with Crippen molar-refractivity contribution in [3.8, 4) is 0 Å². The summed E-state index contributed by atoms with van der Waals surface area (Å²) in [6.07, 6.45) is 4.13. The minimum atomic E-state index is 0.0329. The van der Waals surface area contributed by atoms with Crippen molar-refractivity contribution in [3.05, 3.63) is 59.9 Å². The number of pyridine rings is 1. The molecule has 2 rings (SSSR count). The summed E-state index contributed by atoms with van der Waals surface area (Å²) in [5.74, 6) is 0.0329. The first-order valence-electron chi connectivity index (χ1n) is 7.21. The SMILES string of the molecule is CCC(=O)Nc1ccc([C@H](C)NCc2cccnc2)cc1. The quantitative estimate of drug-likeness (QED) is 0.855. The van der Waals surface area contributed by atoms with Gasteiger partial charge in [0.05, 0.1) is 0 Å². The Kier molecular flexibility index (Phi) is 5.46. The molecule has 0 saturated heterocycles. The van der Waals surface area contributed by atoms with Crippen LogP contribution in [0.15, 0.2) is 48.8 Å². The van der Waals surface area contributed by atoms with Gasteiger partial charge in [-0.2, -0.15) is 0 Å². The molecule has 2 aromatic rings. The minimum absolute atomic E-state index is 0.0329. The predicted octanol–water partition coefficient (Wildman–Crippen LogP) is 3.28. The normalized spacial score (nSPS) is 11.9. The van der Waals surface area contributed by atoms with E-state index in [1.807, 2.05) is 43.5 Å². The molecular weight excluding hydrogens is 262 g/mol. The van der Waals surface area contributed by atoms with Gasteiger partial charge < -0.3 is 10.6 Å². The van der Waals surface area contributed by atoms with Crippen LogP contribution >= 0.6 is 0 Å². The number of hydrogen-bond donors (Lipinski definition) is 2. The van der Waals surface area contributed by atoms with Gasteiger partial charge in [-0.25, -0.2) is 0 Å². The monoisotopic (exact) mass is 283 g/mol. The number of carbonyl (C=O) groups excluding carboxylic acids is 1. The van der Waals surface area contributed by atoms with E-state index in [2.05, 4.69) is 28.6 Å². The third-order valence-electron chi connectivity index (χ3n) is 3.35. The second-order valence-corrected chi connectivity index (χ2v) is 4.99. The molecule has 0 bridgehead atoms. The van der Waals surface area contributed by atoms with Gasteiger partial charge in [0.2, 0.25) is 5.91 Å². The van der Waals surface area contributed by atoms with Crippen LogP contribution in [0.5, 0.6) is 0 Å². The van der Waals surface area contributed by atoms with E-state index >= 15 is 0 Å². The smallest absolute Gasteiger partial charge is 0.224 e. The molecule has 0 aliphatic carbocycles. The molecule has 1 atom stereocenters. The predicted molar refractivity (Wildman–Crippen MR) is 84.9 cm³/mol. The zero-order valence-corrected chi connectivity index (χ0v) is 12.5. The second-order valence-electron chi connectivity index (χ2n) is 4.99. The van der Waals surface area contributed by atoms with Crippen molar-refractivity contribution >= 4 is 11.6 Å². The van der Waals surface area contributed by atoms with Crippen molar-refractivity contribution in [1.82, 2.24) is 10.3 Å². The first kappa shape index (κ1) is 15.2. The highest BCUT2D eigenvalue weighted by Gasteiger charge is 2.05. The number of nitrogens with zero attached hydrogens (tertiary/aromatic N) is 1. The van der Waals surface area contributed by atoms with Gasteiger partial charge in [-0.05, 0) is 36.2 Å². The van der Waals surface area contributed by atoms with E-state index < -0.39 is 0 Å². The van der Waals surface area contributed by atoms with Gasteiger partial charge >= 0.3 is 0 Å². The average Bonchev–Trinajstić information content (AvgIpc) is 2.54. The van der Waals surface area contributed by atoms with Gasteiger partial charge in [-0.1, -0.05) is 25.1 Å². The highest BCUT2D eigenvalue weighted by atomic mass is 16.1. The number of carbonyl (C=O) groups is 1. The lowest BCUT2D eigenvalue weighted by atomic mass is 10.1. The van der Waals surface area contributed by atoms with Crippen molar-refractivity contribution < 1.29 is 4.79 Å². The number of rotatable bonds is 6. The Morgan fingerprint density at radius 2 is 2.00 bits per heavy atom. The highest BCUT2D eigenvalue weighted by Crippen LogP contribution is 2.16. The molecule has 4 heteroatoms.